The molecule has 0 aliphatic carbocycles. The molecule has 0 aromatic carbocycles. The minimum atomic E-state index is -2.82. The monoisotopic (exact) mass is 300 g/mol. The third kappa shape index (κ3) is 2.60. The van der Waals surface area contributed by atoms with Crippen LogP contribution in [0.1, 0.15) is 17.7 Å². The standard InChI is InChI=1S/C7H4BrClF2N2O2/c8-5-4(6(10)11)1-3(2-9)12-7(5)13(14)15/h1,6H,2H2. The second kappa shape index (κ2) is 4.80. The van der Waals surface area contributed by atoms with Crippen LogP contribution in [0.2, 0.25) is 0 Å². The zero-order valence-corrected chi connectivity index (χ0v) is 9.43. The Kier molecular flexibility index (Phi) is 3.92. The maximum Gasteiger partial charge on any atom is 0.378 e. The number of nitro groups is 1. The van der Waals surface area contributed by atoms with E-state index in [9.17, 15) is 18.9 Å². The molecule has 1 aromatic rings. The van der Waals surface area contributed by atoms with Gasteiger partial charge in [-0.05, 0) is 31.9 Å². The molecule has 0 aliphatic heterocycles. The maximum atomic E-state index is 12.5. The Hall–Kier alpha value is -0.820. The van der Waals surface area contributed by atoms with Crippen molar-refractivity contribution in [2.75, 3.05) is 0 Å². The Morgan fingerprint density at radius 2 is 2.27 bits per heavy atom. The van der Waals surface area contributed by atoms with Gasteiger partial charge in [0, 0.05) is 5.56 Å². The maximum absolute atomic E-state index is 12.5. The highest BCUT2D eigenvalue weighted by atomic mass is 79.9. The second-order valence-electron chi connectivity index (χ2n) is 2.53. The van der Waals surface area contributed by atoms with Crippen LogP contribution >= 0.6 is 27.5 Å². The molecule has 1 rings (SSSR count). The third-order valence-corrected chi connectivity index (χ3v) is 2.65. The molecule has 0 radical (unpaired) electrons. The van der Waals surface area contributed by atoms with Gasteiger partial charge in [-0.1, -0.05) is 0 Å². The van der Waals surface area contributed by atoms with Crippen molar-refractivity contribution in [1.29, 1.82) is 0 Å². The number of rotatable bonds is 3. The molecule has 15 heavy (non-hydrogen) atoms. The number of hydrogen-bond donors (Lipinski definition) is 0. The van der Waals surface area contributed by atoms with Crippen molar-refractivity contribution in [1.82, 2.24) is 4.98 Å². The van der Waals surface area contributed by atoms with E-state index in [4.69, 9.17) is 11.6 Å². The second-order valence-corrected chi connectivity index (χ2v) is 3.59. The number of nitrogens with zero attached hydrogens (tertiary/aromatic N) is 2. The highest BCUT2D eigenvalue weighted by Gasteiger charge is 2.24. The van der Waals surface area contributed by atoms with Crippen LogP contribution < -0.4 is 0 Å². The largest absolute Gasteiger partial charge is 0.378 e. The molecule has 0 saturated carbocycles. The van der Waals surface area contributed by atoms with E-state index in [0.29, 0.717) is 0 Å². The van der Waals surface area contributed by atoms with Crippen molar-refractivity contribution in [3.05, 3.63) is 31.9 Å². The Morgan fingerprint density at radius 3 is 2.67 bits per heavy atom. The number of alkyl halides is 3. The van der Waals surface area contributed by atoms with E-state index in [1.165, 1.54) is 0 Å². The predicted molar refractivity (Wildman–Crippen MR) is 53.1 cm³/mol. The fourth-order valence-electron chi connectivity index (χ4n) is 0.938. The Bertz CT molecular complexity index is 403. The lowest BCUT2D eigenvalue weighted by Crippen LogP contribution is -2.00. The van der Waals surface area contributed by atoms with E-state index in [0.717, 1.165) is 6.07 Å². The highest BCUT2D eigenvalue weighted by Crippen LogP contribution is 2.33. The van der Waals surface area contributed by atoms with Crippen molar-refractivity contribution in [2.45, 2.75) is 12.3 Å². The van der Waals surface area contributed by atoms with Crippen LogP contribution in [0.3, 0.4) is 0 Å². The Labute approximate surface area is 96.5 Å². The van der Waals surface area contributed by atoms with Crippen LogP contribution in [0.15, 0.2) is 10.5 Å². The van der Waals surface area contributed by atoms with Gasteiger partial charge in [-0.15, -0.1) is 11.6 Å². The molecule has 0 saturated heterocycles. The fourth-order valence-corrected chi connectivity index (χ4v) is 1.60. The quantitative estimate of drug-likeness (QED) is 0.488. The smallest absolute Gasteiger partial charge is 0.358 e. The summed E-state index contributed by atoms with van der Waals surface area (Å²) in [7, 11) is 0. The summed E-state index contributed by atoms with van der Waals surface area (Å²) in [6.07, 6.45) is -2.82. The summed E-state index contributed by atoms with van der Waals surface area (Å²) in [5.74, 6) is -0.808. The van der Waals surface area contributed by atoms with Crippen molar-refractivity contribution in [2.24, 2.45) is 0 Å². The van der Waals surface area contributed by atoms with Crippen molar-refractivity contribution >= 4 is 33.3 Å². The summed E-state index contributed by atoms with van der Waals surface area (Å²) < 4.78 is 24.6. The van der Waals surface area contributed by atoms with Gasteiger partial charge in [0.1, 0.15) is 4.47 Å². The van der Waals surface area contributed by atoms with E-state index < -0.39 is 22.7 Å². The van der Waals surface area contributed by atoms with Crippen LogP contribution in [0.4, 0.5) is 14.6 Å². The SMILES string of the molecule is O=[N+]([O-])c1nc(CCl)cc(C(F)F)c1Br. The first-order valence-electron chi connectivity index (χ1n) is 3.65. The summed E-state index contributed by atoms with van der Waals surface area (Å²) in [6.45, 7) is 0. The molecular formula is C7H4BrClF2N2O2. The van der Waals surface area contributed by atoms with Gasteiger partial charge in [0.25, 0.3) is 6.43 Å². The first-order chi connectivity index (χ1) is 6.97. The van der Waals surface area contributed by atoms with Crippen LogP contribution in [-0.4, -0.2) is 9.91 Å². The van der Waals surface area contributed by atoms with E-state index >= 15 is 0 Å². The molecule has 1 aromatic heterocycles. The lowest BCUT2D eigenvalue weighted by atomic mass is 10.2. The van der Waals surface area contributed by atoms with Crippen LogP contribution in [0.25, 0.3) is 0 Å². The topological polar surface area (TPSA) is 56.0 Å². The molecule has 0 bridgehead atoms. The fraction of sp³-hybridized carbons (Fsp3) is 0.286. The van der Waals surface area contributed by atoms with Crippen LogP contribution in [-0.2, 0) is 5.88 Å². The minimum Gasteiger partial charge on any atom is -0.358 e. The lowest BCUT2D eigenvalue weighted by molar-refractivity contribution is -0.390. The molecule has 0 spiro atoms. The lowest BCUT2D eigenvalue weighted by Gasteiger charge is -2.04. The zero-order valence-electron chi connectivity index (χ0n) is 7.08. The van der Waals surface area contributed by atoms with Gasteiger partial charge in [-0.25, -0.2) is 8.78 Å². The Morgan fingerprint density at radius 1 is 1.67 bits per heavy atom. The molecule has 0 unspecified atom stereocenters. The van der Waals surface area contributed by atoms with E-state index in [1.54, 1.807) is 0 Å². The molecule has 82 valence electrons. The minimum absolute atomic E-state index is 0.0434. The summed E-state index contributed by atoms with van der Waals surface area (Å²) in [4.78, 5) is 13.2. The van der Waals surface area contributed by atoms with Gasteiger partial charge in [0.2, 0.25) is 0 Å². The molecule has 8 heteroatoms. The number of hydrogen-bond acceptors (Lipinski definition) is 3. The van der Waals surface area contributed by atoms with Gasteiger partial charge < -0.3 is 10.1 Å². The highest BCUT2D eigenvalue weighted by molar-refractivity contribution is 9.10. The van der Waals surface area contributed by atoms with Gasteiger partial charge in [-0.3, -0.25) is 0 Å². The molecule has 0 atom stereocenters. The Balaban J connectivity index is 3.40. The molecule has 4 nitrogen and oxygen atoms in total. The molecular weight excluding hydrogens is 297 g/mol. The van der Waals surface area contributed by atoms with Crippen molar-refractivity contribution < 1.29 is 13.7 Å². The molecule has 0 N–H and O–H groups in total. The summed E-state index contributed by atoms with van der Waals surface area (Å²) in [5.41, 5.74) is -0.436. The average Bonchev–Trinajstić information content (AvgIpc) is 2.17. The number of aromatic nitrogens is 1. The van der Waals surface area contributed by atoms with Gasteiger partial charge in [-0.2, -0.15) is 0 Å². The number of pyridine rings is 1. The van der Waals surface area contributed by atoms with Gasteiger partial charge >= 0.3 is 5.82 Å². The summed E-state index contributed by atoms with van der Waals surface area (Å²) in [5, 5.41) is 10.5. The van der Waals surface area contributed by atoms with Crippen molar-refractivity contribution in [3.63, 3.8) is 0 Å². The summed E-state index contributed by atoms with van der Waals surface area (Å²) in [6, 6.07) is 1.04. The number of halogens is 4. The van der Waals surface area contributed by atoms with E-state index in [-0.39, 0.29) is 16.0 Å². The van der Waals surface area contributed by atoms with E-state index in [2.05, 4.69) is 20.9 Å². The van der Waals surface area contributed by atoms with Crippen molar-refractivity contribution in [3.8, 4) is 0 Å². The van der Waals surface area contributed by atoms with Crippen LogP contribution in [0.5, 0.6) is 0 Å². The molecule has 0 aliphatic rings. The zero-order chi connectivity index (χ0) is 11.6. The van der Waals surface area contributed by atoms with E-state index in [1.807, 2.05) is 0 Å². The molecule has 1 heterocycles. The molecule has 0 amide bonds. The third-order valence-electron chi connectivity index (χ3n) is 1.57. The van der Waals surface area contributed by atoms with Crippen LogP contribution in [0, 0.1) is 10.1 Å². The predicted octanol–water partition coefficient (Wildman–Crippen LogP) is 3.43. The first-order valence-corrected chi connectivity index (χ1v) is 4.98. The molecule has 0 fully saturated rings. The summed E-state index contributed by atoms with van der Waals surface area (Å²) >= 11 is 8.11. The van der Waals surface area contributed by atoms with Gasteiger partial charge in [0.15, 0.2) is 5.69 Å². The average molecular weight is 301 g/mol. The first kappa shape index (κ1) is 12.3. The normalized spacial score (nSPS) is 10.7. The van der Waals surface area contributed by atoms with Gasteiger partial charge in [0.05, 0.1) is 5.88 Å².